The van der Waals surface area contributed by atoms with E-state index in [9.17, 15) is 4.79 Å². The van der Waals surface area contributed by atoms with Crippen LogP contribution in [-0.2, 0) is 16.6 Å². The Morgan fingerprint density at radius 2 is 2.38 bits per heavy atom. The number of aryl methyl sites for hydroxylation is 1. The molecule has 0 fully saturated rings. The van der Waals surface area contributed by atoms with E-state index >= 15 is 0 Å². The Bertz CT molecular complexity index is 660. The Labute approximate surface area is 122 Å². The molecule has 0 amide bonds. The minimum atomic E-state index is -0.230. The van der Waals surface area contributed by atoms with Crippen molar-refractivity contribution < 1.29 is 9.53 Å². The maximum absolute atomic E-state index is 12.0. The lowest BCUT2D eigenvalue weighted by atomic mass is 10.00. The molecule has 2 aromatic rings. The normalized spacial score (nSPS) is 20.7. The van der Waals surface area contributed by atoms with E-state index < -0.39 is 0 Å². The van der Waals surface area contributed by atoms with Crippen molar-refractivity contribution in [2.75, 3.05) is 18.5 Å². The molecular formula is C14H19N5O2. The molecule has 2 aromatic heterocycles. The lowest BCUT2D eigenvalue weighted by Gasteiger charge is -2.29. The number of nitrogens with zero attached hydrogens (tertiary/aromatic N) is 4. The zero-order valence-electron chi connectivity index (χ0n) is 12.4. The predicted octanol–water partition coefficient (Wildman–Crippen LogP) is 1.45. The quantitative estimate of drug-likeness (QED) is 0.866. The van der Waals surface area contributed by atoms with Gasteiger partial charge in [-0.1, -0.05) is 0 Å². The molecule has 7 heteroatoms. The fraction of sp³-hybridized carbons (Fsp3) is 0.500. The molecule has 0 radical (unpaired) electrons. The van der Waals surface area contributed by atoms with Gasteiger partial charge >= 0.3 is 5.97 Å². The van der Waals surface area contributed by atoms with Crippen molar-refractivity contribution in [3.05, 3.63) is 18.5 Å². The van der Waals surface area contributed by atoms with Gasteiger partial charge in [0.05, 0.1) is 18.6 Å². The number of hydrogen-bond donors (Lipinski definition) is 1. The number of aromatic nitrogens is 4. The van der Waals surface area contributed by atoms with Crippen LogP contribution in [0.4, 0.5) is 5.82 Å². The lowest BCUT2D eigenvalue weighted by molar-refractivity contribution is -0.149. The Morgan fingerprint density at radius 3 is 3.05 bits per heavy atom. The van der Waals surface area contributed by atoms with Crippen molar-refractivity contribution in [3.63, 3.8) is 0 Å². The van der Waals surface area contributed by atoms with Gasteiger partial charge in [0.15, 0.2) is 5.82 Å². The molecule has 1 N–H and O–H groups in total. The van der Waals surface area contributed by atoms with Gasteiger partial charge in [-0.05, 0) is 13.8 Å². The highest BCUT2D eigenvalue weighted by molar-refractivity contribution is 5.74. The van der Waals surface area contributed by atoms with Gasteiger partial charge in [-0.25, -0.2) is 9.67 Å². The van der Waals surface area contributed by atoms with Crippen LogP contribution in [0, 0.1) is 5.92 Å². The summed E-state index contributed by atoms with van der Waals surface area (Å²) in [4.78, 5) is 16.3. The summed E-state index contributed by atoms with van der Waals surface area (Å²) < 4.78 is 8.89. The van der Waals surface area contributed by atoms with E-state index in [1.54, 1.807) is 6.20 Å². The minimum Gasteiger partial charge on any atom is -0.466 e. The molecule has 0 saturated carbocycles. The molecule has 3 rings (SSSR count). The summed E-state index contributed by atoms with van der Waals surface area (Å²) in [6, 6.07) is 1.91. The van der Waals surface area contributed by atoms with Crippen LogP contribution in [0.15, 0.2) is 18.5 Å². The standard InChI is InChI=1S/C14H19N5O2/c1-4-21-14(20)10-8-16-12-7-11(17-19(12)9(10)2)13-15-5-6-18(13)3/h5-7,9-10,16H,4,8H2,1-3H3. The van der Waals surface area contributed by atoms with Crippen molar-refractivity contribution >= 4 is 11.8 Å². The Balaban J connectivity index is 1.90. The molecule has 0 aliphatic carbocycles. The second-order valence-corrected chi connectivity index (χ2v) is 5.20. The summed E-state index contributed by atoms with van der Waals surface area (Å²) in [6.07, 6.45) is 3.62. The maximum atomic E-state index is 12.0. The number of ether oxygens (including phenoxy) is 1. The molecule has 0 bridgehead atoms. The van der Waals surface area contributed by atoms with Crippen LogP contribution in [0.2, 0.25) is 0 Å². The number of anilines is 1. The number of esters is 1. The largest absolute Gasteiger partial charge is 0.466 e. The molecule has 112 valence electrons. The molecule has 0 aromatic carbocycles. The zero-order valence-corrected chi connectivity index (χ0v) is 12.4. The maximum Gasteiger partial charge on any atom is 0.312 e. The van der Waals surface area contributed by atoms with Crippen molar-refractivity contribution in [1.29, 1.82) is 0 Å². The van der Waals surface area contributed by atoms with Gasteiger partial charge in [0.25, 0.3) is 0 Å². The summed E-state index contributed by atoms with van der Waals surface area (Å²) in [7, 11) is 1.93. The van der Waals surface area contributed by atoms with Crippen LogP contribution >= 0.6 is 0 Å². The van der Waals surface area contributed by atoms with Crippen LogP contribution in [-0.4, -0.2) is 38.5 Å². The van der Waals surface area contributed by atoms with E-state index in [0.717, 1.165) is 17.3 Å². The highest BCUT2D eigenvalue weighted by Gasteiger charge is 2.33. The van der Waals surface area contributed by atoms with Gasteiger partial charge in [-0.15, -0.1) is 0 Å². The summed E-state index contributed by atoms with van der Waals surface area (Å²) in [5.74, 6) is 1.29. The van der Waals surface area contributed by atoms with Gasteiger partial charge in [0.1, 0.15) is 11.5 Å². The highest BCUT2D eigenvalue weighted by Crippen LogP contribution is 2.31. The first-order valence-electron chi connectivity index (χ1n) is 7.09. The van der Waals surface area contributed by atoms with Crippen LogP contribution < -0.4 is 5.32 Å². The van der Waals surface area contributed by atoms with Gasteiger partial charge in [-0.3, -0.25) is 4.79 Å². The van der Waals surface area contributed by atoms with Gasteiger partial charge < -0.3 is 14.6 Å². The van der Waals surface area contributed by atoms with E-state index in [2.05, 4.69) is 15.4 Å². The smallest absolute Gasteiger partial charge is 0.312 e. The molecule has 2 atom stereocenters. The van der Waals surface area contributed by atoms with Crippen LogP contribution in [0.3, 0.4) is 0 Å². The molecule has 2 unspecified atom stereocenters. The van der Waals surface area contributed by atoms with Crippen molar-refractivity contribution in [2.45, 2.75) is 19.9 Å². The average Bonchev–Trinajstić information content (AvgIpc) is 3.05. The first-order chi connectivity index (χ1) is 10.1. The number of fused-ring (bicyclic) bond motifs is 1. The number of rotatable bonds is 3. The SMILES string of the molecule is CCOC(=O)C1CNc2cc(-c3nccn3C)nn2C1C. The van der Waals surface area contributed by atoms with Crippen LogP contribution in [0.25, 0.3) is 11.5 Å². The summed E-state index contributed by atoms with van der Waals surface area (Å²) in [6.45, 7) is 4.76. The molecule has 7 nitrogen and oxygen atoms in total. The molecule has 21 heavy (non-hydrogen) atoms. The van der Waals surface area contributed by atoms with E-state index in [4.69, 9.17) is 4.74 Å². The number of imidazole rings is 1. The number of nitrogens with one attached hydrogen (secondary N) is 1. The van der Waals surface area contributed by atoms with E-state index in [1.165, 1.54) is 0 Å². The molecular weight excluding hydrogens is 270 g/mol. The first-order valence-corrected chi connectivity index (χ1v) is 7.09. The van der Waals surface area contributed by atoms with E-state index in [0.29, 0.717) is 13.2 Å². The van der Waals surface area contributed by atoms with Crippen molar-refractivity contribution in [1.82, 2.24) is 19.3 Å². The first kappa shape index (κ1) is 13.7. The van der Waals surface area contributed by atoms with Crippen molar-refractivity contribution in [3.8, 4) is 11.5 Å². The summed E-state index contributed by atoms with van der Waals surface area (Å²) in [5, 5.41) is 7.84. The number of hydrogen-bond acceptors (Lipinski definition) is 5. The van der Waals surface area contributed by atoms with E-state index in [-0.39, 0.29) is 17.9 Å². The third kappa shape index (κ3) is 2.28. The zero-order chi connectivity index (χ0) is 15.0. The molecule has 3 heterocycles. The van der Waals surface area contributed by atoms with Gasteiger partial charge in [0.2, 0.25) is 0 Å². The van der Waals surface area contributed by atoms with E-state index in [1.807, 2.05) is 42.4 Å². The molecule has 1 aliphatic rings. The molecule has 1 aliphatic heterocycles. The monoisotopic (exact) mass is 289 g/mol. The van der Waals surface area contributed by atoms with Gasteiger partial charge in [-0.2, -0.15) is 5.10 Å². The summed E-state index contributed by atoms with van der Waals surface area (Å²) in [5.41, 5.74) is 0.793. The fourth-order valence-corrected chi connectivity index (χ4v) is 2.64. The topological polar surface area (TPSA) is 74.0 Å². The third-order valence-corrected chi connectivity index (χ3v) is 3.85. The molecule has 0 spiro atoms. The van der Waals surface area contributed by atoms with Crippen molar-refractivity contribution in [2.24, 2.45) is 13.0 Å². The van der Waals surface area contributed by atoms with Gasteiger partial charge in [0, 0.05) is 32.1 Å². The predicted molar refractivity (Wildman–Crippen MR) is 77.8 cm³/mol. The Kier molecular flexibility index (Phi) is 3.40. The second kappa shape index (κ2) is 5.23. The number of carbonyl (C=O) groups is 1. The Hall–Kier alpha value is -2.31. The third-order valence-electron chi connectivity index (χ3n) is 3.85. The fourth-order valence-electron chi connectivity index (χ4n) is 2.64. The van der Waals surface area contributed by atoms with Crippen LogP contribution in [0.1, 0.15) is 19.9 Å². The second-order valence-electron chi connectivity index (χ2n) is 5.20. The van der Waals surface area contributed by atoms with Crippen LogP contribution in [0.5, 0.6) is 0 Å². The summed E-state index contributed by atoms with van der Waals surface area (Å²) >= 11 is 0. The number of carbonyl (C=O) groups excluding carboxylic acids is 1. The highest BCUT2D eigenvalue weighted by atomic mass is 16.5. The Morgan fingerprint density at radius 1 is 1.57 bits per heavy atom. The molecule has 0 saturated heterocycles. The minimum absolute atomic E-state index is 0.0469. The average molecular weight is 289 g/mol. The lowest BCUT2D eigenvalue weighted by Crippen LogP contribution is -2.37.